The van der Waals surface area contributed by atoms with Gasteiger partial charge in [0.2, 0.25) is 0 Å². The van der Waals surface area contributed by atoms with Crippen molar-refractivity contribution in [3.63, 3.8) is 0 Å². The summed E-state index contributed by atoms with van der Waals surface area (Å²) in [6, 6.07) is 14.5. The molecule has 0 aliphatic carbocycles. The highest BCUT2D eigenvalue weighted by Gasteiger charge is 2.10. The molecular weight excluding hydrogens is 326 g/mol. The highest BCUT2D eigenvalue weighted by molar-refractivity contribution is 6.03. The van der Waals surface area contributed by atoms with Gasteiger partial charge in [0.15, 0.2) is 0 Å². The lowest BCUT2D eigenvalue weighted by Gasteiger charge is -2.06. The van der Waals surface area contributed by atoms with Gasteiger partial charge in [0.25, 0.3) is 5.91 Å². The molecule has 2 aromatic heterocycles. The summed E-state index contributed by atoms with van der Waals surface area (Å²) in [6.45, 7) is 3.35. The van der Waals surface area contributed by atoms with Gasteiger partial charge >= 0.3 is 0 Å². The van der Waals surface area contributed by atoms with Gasteiger partial charge in [-0.25, -0.2) is 0 Å². The molecular formula is C20H19N5O. The molecule has 130 valence electrons. The summed E-state index contributed by atoms with van der Waals surface area (Å²) >= 11 is 0. The van der Waals surface area contributed by atoms with Crippen LogP contribution in [0.4, 0.5) is 5.69 Å². The van der Waals surface area contributed by atoms with Crippen LogP contribution in [0.5, 0.6) is 0 Å². The van der Waals surface area contributed by atoms with E-state index in [0.717, 1.165) is 6.54 Å². The Balaban J connectivity index is 1.50. The molecule has 0 bridgehead atoms. The second-order valence-electron chi connectivity index (χ2n) is 6.10. The third-order valence-electron chi connectivity index (χ3n) is 4.32. The van der Waals surface area contributed by atoms with E-state index in [1.54, 1.807) is 23.3 Å². The van der Waals surface area contributed by atoms with Gasteiger partial charge in [-0.05, 0) is 23.3 Å². The van der Waals surface area contributed by atoms with E-state index in [1.807, 2.05) is 29.9 Å². The zero-order valence-corrected chi connectivity index (χ0v) is 14.5. The Hall–Kier alpha value is -3.41. The largest absolute Gasteiger partial charge is 0.319 e. The Morgan fingerprint density at radius 1 is 1.00 bits per heavy atom. The van der Waals surface area contributed by atoms with Crippen LogP contribution in [0, 0.1) is 0 Å². The lowest BCUT2D eigenvalue weighted by Crippen LogP contribution is -2.10. The average molecular weight is 345 g/mol. The van der Waals surface area contributed by atoms with E-state index in [0.29, 0.717) is 17.8 Å². The number of fused-ring (bicyclic) bond motifs is 1. The third-order valence-corrected chi connectivity index (χ3v) is 4.32. The number of hydrogen-bond acceptors (Lipinski definition) is 3. The zero-order chi connectivity index (χ0) is 17.9. The Morgan fingerprint density at radius 3 is 2.65 bits per heavy atom. The first kappa shape index (κ1) is 16.1. The summed E-state index contributed by atoms with van der Waals surface area (Å²) in [5.74, 6) is -0.186. The standard InChI is InChI=1S/C20H19N5O/c1-2-24-13-17(10-21-24)20(26)23-18-11-22-25(14-18)12-16-8-5-7-15-6-3-4-9-19(15)16/h3-11,13-14H,2,12H2,1H3,(H,23,26). The molecule has 26 heavy (non-hydrogen) atoms. The van der Waals surface area contributed by atoms with Crippen molar-refractivity contribution in [1.29, 1.82) is 0 Å². The minimum absolute atomic E-state index is 0.186. The molecule has 6 heteroatoms. The SMILES string of the molecule is CCn1cc(C(=O)Nc2cnn(Cc3cccc4ccccc34)c2)cn1. The monoisotopic (exact) mass is 345 g/mol. The summed E-state index contributed by atoms with van der Waals surface area (Å²) in [5.41, 5.74) is 2.39. The highest BCUT2D eigenvalue weighted by Crippen LogP contribution is 2.20. The van der Waals surface area contributed by atoms with Gasteiger partial charge in [0, 0.05) is 18.9 Å². The zero-order valence-electron chi connectivity index (χ0n) is 14.5. The maximum atomic E-state index is 12.3. The van der Waals surface area contributed by atoms with Crippen molar-refractivity contribution in [3.8, 4) is 0 Å². The Labute approximate surface area is 151 Å². The van der Waals surface area contributed by atoms with E-state index in [4.69, 9.17) is 0 Å². The van der Waals surface area contributed by atoms with Gasteiger partial charge in [-0.2, -0.15) is 10.2 Å². The van der Waals surface area contributed by atoms with Gasteiger partial charge in [-0.1, -0.05) is 42.5 Å². The Kier molecular flexibility index (Phi) is 4.23. The fourth-order valence-electron chi connectivity index (χ4n) is 2.98. The van der Waals surface area contributed by atoms with Gasteiger partial charge in [-0.15, -0.1) is 0 Å². The molecule has 0 atom stereocenters. The molecule has 0 saturated carbocycles. The van der Waals surface area contributed by atoms with E-state index < -0.39 is 0 Å². The molecule has 0 spiro atoms. The number of carbonyl (C=O) groups excluding carboxylic acids is 1. The molecule has 0 radical (unpaired) electrons. The van der Waals surface area contributed by atoms with Crippen molar-refractivity contribution in [2.24, 2.45) is 0 Å². The van der Waals surface area contributed by atoms with E-state index in [1.165, 1.54) is 16.3 Å². The van der Waals surface area contributed by atoms with Crippen LogP contribution >= 0.6 is 0 Å². The Bertz CT molecular complexity index is 1060. The first-order valence-corrected chi connectivity index (χ1v) is 8.56. The lowest BCUT2D eigenvalue weighted by molar-refractivity contribution is 0.102. The molecule has 0 aliphatic rings. The number of aromatic nitrogens is 4. The molecule has 2 heterocycles. The van der Waals surface area contributed by atoms with Crippen LogP contribution in [0.2, 0.25) is 0 Å². The van der Waals surface area contributed by atoms with Crippen molar-refractivity contribution >= 4 is 22.4 Å². The number of rotatable bonds is 5. The minimum Gasteiger partial charge on any atom is -0.319 e. The second kappa shape index (κ2) is 6.84. The summed E-state index contributed by atoms with van der Waals surface area (Å²) in [4.78, 5) is 12.3. The highest BCUT2D eigenvalue weighted by atomic mass is 16.1. The predicted molar refractivity (Wildman–Crippen MR) is 101 cm³/mol. The molecule has 1 amide bonds. The van der Waals surface area contributed by atoms with E-state index in [-0.39, 0.29) is 5.91 Å². The van der Waals surface area contributed by atoms with E-state index >= 15 is 0 Å². The van der Waals surface area contributed by atoms with Crippen LogP contribution < -0.4 is 5.32 Å². The quantitative estimate of drug-likeness (QED) is 0.601. The molecule has 4 rings (SSSR count). The molecule has 0 fully saturated rings. The van der Waals surface area contributed by atoms with Crippen molar-refractivity contribution in [3.05, 3.63) is 78.4 Å². The molecule has 0 aliphatic heterocycles. The number of nitrogens with one attached hydrogen (secondary N) is 1. The van der Waals surface area contributed by atoms with Crippen LogP contribution in [0.1, 0.15) is 22.8 Å². The van der Waals surface area contributed by atoms with Crippen LogP contribution in [0.25, 0.3) is 10.8 Å². The predicted octanol–water partition coefficient (Wildman–Crippen LogP) is 3.55. The molecule has 2 aromatic carbocycles. The summed E-state index contributed by atoms with van der Waals surface area (Å²) in [6.07, 6.45) is 6.80. The summed E-state index contributed by atoms with van der Waals surface area (Å²) in [5, 5.41) is 13.8. The fraction of sp³-hybridized carbons (Fsp3) is 0.150. The van der Waals surface area contributed by atoms with Crippen LogP contribution in [0.15, 0.2) is 67.3 Å². The minimum atomic E-state index is -0.186. The maximum Gasteiger partial charge on any atom is 0.258 e. The molecule has 0 unspecified atom stereocenters. The number of hydrogen-bond donors (Lipinski definition) is 1. The lowest BCUT2D eigenvalue weighted by atomic mass is 10.0. The molecule has 0 saturated heterocycles. The topological polar surface area (TPSA) is 64.7 Å². The van der Waals surface area contributed by atoms with E-state index in [9.17, 15) is 4.79 Å². The molecule has 1 N–H and O–H groups in total. The van der Waals surface area contributed by atoms with Gasteiger partial charge < -0.3 is 5.32 Å². The summed E-state index contributed by atoms with van der Waals surface area (Å²) < 4.78 is 3.55. The van der Waals surface area contributed by atoms with E-state index in [2.05, 4.69) is 45.8 Å². The van der Waals surface area contributed by atoms with Crippen LogP contribution in [0.3, 0.4) is 0 Å². The third kappa shape index (κ3) is 3.21. The first-order chi connectivity index (χ1) is 12.7. The number of benzene rings is 2. The number of aryl methyl sites for hydroxylation is 1. The van der Waals surface area contributed by atoms with Crippen molar-refractivity contribution in [2.75, 3.05) is 5.32 Å². The number of anilines is 1. The Morgan fingerprint density at radius 2 is 1.81 bits per heavy atom. The fourth-order valence-corrected chi connectivity index (χ4v) is 2.98. The van der Waals surface area contributed by atoms with Gasteiger partial charge in [0.1, 0.15) is 0 Å². The molecule has 4 aromatic rings. The van der Waals surface area contributed by atoms with Crippen molar-refractivity contribution < 1.29 is 4.79 Å². The normalized spacial score (nSPS) is 11.0. The second-order valence-corrected chi connectivity index (χ2v) is 6.10. The van der Waals surface area contributed by atoms with Gasteiger partial charge in [0.05, 0.1) is 30.2 Å². The van der Waals surface area contributed by atoms with Gasteiger partial charge in [-0.3, -0.25) is 14.2 Å². The van der Waals surface area contributed by atoms with Crippen LogP contribution in [-0.2, 0) is 13.1 Å². The smallest absolute Gasteiger partial charge is 0.258 e. The first-order valence-electron chi connectivity index (χ1n) is 8.56. The average Bonchev–Trinajstić information content (AvgIpc) is 3.31. The number of nitrogens with zero attached hydrogens (tertiary/aromatic N) is 4. The summed E-state index contributed by atoms with van der Waals surface area (Å²) in [7, 11) is 0. The number of carbonyl (C=O) groups is 1. The van der Waals surface area contributed by atoms with Crippen molar-refractivity contribution in [1.82, 2.24) is 19.6 Å². The maximum absolute atomic E-state index is 12.3. The van der Waals surface area contributed by atoms with Crippen molar-refractivity contribution in [2.45, 2.75) is 20.0 Å². The molecule has 6 nitrogen and oxygen atoms in total. The van der Waals surface area contributed by atoms with Crippen LogP contribution in [-0.4, -0.2) is 25.5 Å². The number of amides is 1.